The molecule has 1 aromatic heterocycles. The van der Waals surface area contributed by atoms with Crippen LogP contribution in [0.25, 0.3) is 10.9 Å². The number of hydrogen-bond donors (Lipinski definition) is 3. The predicted octanol–water partition coefficient (Wildman–Crippen LogP) is 4.52. The summed E-state index contributed by atoms with van der Waals surface area (Å²) < 4.78 is 0. The first kappa shape index (κ1) is 31.8. The molecule has 3 aliphatic rings. The van der Waals surface area contributed by atoms with E-state index in [0.717, 1.165) is 53.8 Å². The van der Waals surface area contributed by atoms with Crippen LogP contribution in [0.1, 0.15) is 51.2 Å². The van der Waals surface area contributed by atoms with Gasteiger partial charge < -0.3 is 25.3 Å². The van der Waals surface area contributed by atoms with Crippen molar-refractivity contribution < 1.29 is 14.4 Å². The van der Waals surface area contributed by atoms with Gasteiger partial charge in [-0.1, -0.05) is 51.5 Å². The van der Waals surface area contributed by atoms with Crippen molar-refractivity contribution in [1.29, 1.82) is 0 Å². The summed E-state index contributed by atoms with van der Waals surface area (Å²) in [5, 5.41) is 14.2. The lowest BCUT2D eigenvalue weighted by molar-refractivity contribution is -0.135. The van der Waals surface area contributed by atoms with Gasteiger partial charge in [-0.3, -0.25) is 14.8 Å². The van der Waals surface area contributed by atoms with E-state index in [1.54, 1.807) is 11.1 Å². The molecule has 0 aliphatic carbocycles. The highest BCUT2D eigenvalue weighted by Crippen LogP contribution is 2.28. The SMILES string of the molecule is CCC(CN1CCN(C(=O)C(Cc2ccc3[nH]ncc3c2)NC(=O)N2CCC(N3Cc4ccccc4NC3=O)CC2)CC1)C(C)C. The summed E-state index contributed by atoms with van der Waals surface area (Å²) in [4.78, 5) is 48.6. The van der Waals surface area contributed by atoms with Crippen molar-refractivity contribution in [2.75, 3.05) is 51.1 Å². The summed E-state index contributed by atoms with van der Waals surface area (Å²) in [6, 6.07) is 12.9. The number of para-hydroxylation sites is 1. The van der Waals surface area contributed by atoms with E-state index in [1.165, 1.54) is 0 Å². The molecule has 2 atom stereocenters. The third kappa shape index (κ3) is 7.14. The van der Waals surface area contributed by atoms with Gasteiger partial charge in [-0.25, -0.2) is 9.59 Å². The number of H-pyrrole nitrogens is 1. The summed E-state index contributed by atoms with van der Waals surface area (Å²) in [6.45, 7) is 12.5. The minimum absolute atomic E-state index is 0.0327. The number of carbonyl (C=O) groups excluding carboxylic acids is 3. The average molecular weight is 629 g/mol. The molecule has 3 aliphatic heterocycles. The van der Waals surface area contributed by atoms with Crippen molar-refractivity contribution in [2.24, 2.45) is 11.8 Å². The minimum Gasteiger partial charge on any atom is -0.338 e. The molecule has 0 radical (unpaired) electrons. The van der Waals surface area contributed by atoms with Crippen molar-refractivity contribution >= 4 is 34.6 Å². The topological polar surface area (TPSA) is 117 Å². The zero-order valence-electron chi connectivity index (χ0n) is 27.4. The third-order valence-electron chi connectivity index (χ3n) is 10.2. The quantitative estimate of drug-likeness (QED) is 0.322. The number of aromatic nitrogens is 2. The van der Waals surface area contributed by atoms with Crippen molar-refractivity contribution in [3.8, 4) is 0 Å². The van der Waals surface area contributed by atoms with Crippen molar-refractivity contribution in [2.45, 2.75) is 65.1 Å². The number of anilines is 1. The Morgan fingerprint density at radius 3 is 2.50 bits per heavy atom. The van der Waals surface area contributed by atoms with Gasteiger partial charge in [0.05, 0.1) is 11.7 Å². The van der Waals surface area contributed by atoms with Crippen LogP contribution in [0.2, 0.25) is 0 Å². The average Bonchev–Trinajstić information content (AvgIpc) is 3.54. The summed E-state index contributed by atoms with van der Waals surface area (Å²) >= 11 is 0. The molecule has 4 heterocycles. The van der Waals surface area contributed by atoms with Crippen LogP contribution in [0.15, 0.2) is 48.7 Å². The number of carbonyl (C=O) groups is 3. The van der Waals surface area contributed by atoms with Crippen molar-refractivity contribution in [3.63, 3.8) is 0 Å². The highest BCUT2D eigenvalue weighted by atomic mass is 16.2. The molecule has 0 spiro atoms. The van der Waals surface area contributed by atoms with Gasteiger partial charge in [0.1, 0.15) is 6.04 Å². The molecule has 0 saturated carbocycles. The molecule has 3 N–H and O–H groups in total. The molecule has 2 unspecified atom stereocenters. The van der Waals surface area contributed by atoms with Crippen LogP contribution in [0.5, 0.6) is 0 Å². The van der Waals surface area contributed by atoms with Gasteiger partial charge in [-0.05, 0) is 54.0 Å². The van der Waals surface area contributed by atoms with Crippen molar-refractivity contribution in [3.05, 3.63) is 59.8 Å². The Balaban J connectivity index is 1.09. The van der Waals surface area contributed by atoms with Crippen LogP contribution in [0, 0.1) is 11.8 Å². The molecule has 2 saturated heterocycles. The number of amides is 5. The third-order valence-corrected chi connectivity index (χ3v) is 10.2. The van der Waals surface area contributed by atoms with E-state index in [4.69, 9.17) is 0 Å². The lowest BCUT2D eigenvalue weighted by Crippen LogP contribution is -2.58. The monoisotopic (exact) mass is 628 g/mol. The minimum atomic E-state index is -0.676. The molecule has 246 valence electrons. The van der Waals surface area contributed by atoms with Crippen LogP contribution in [-0.4, -0.2) is 106 Å². The number of nitrogens with zero attached hydrogens (tertiary/aromatic N) is 5. The van der Waals surface area contributed by atoms with Gasteiger partial charge in [-0.2, -0.15) is 5.10 Å². The standard InChI is InChI=1S/C35H48N8O3/c1-4-26(24(2)3)22-40-15-17-41(18-16-40)33(44)32(20-25-9-10-31-28(19-25)21-36-39-31)38-34(45)42-13-11-29(12-14-42)43-23-27-7-5-6-8-30(27)37-35(43)46/h5-10,19,21,24,26,29,32H,4,11-18,20,22-23H2,1-3H3,(H,36,39)(H,37,46)(H,38,45). The second-order valence-corrected chi connectivity index (χ2v) is 13.5. The molecular weight excluding hydrogens is 580 g/mol. The molecule has 2 aromatic carbocycles. The number of rotatable bonds is 9. The first-order valence-electron chi connectivity index (χ1n) is 16.9. The smallest absolute Gasteiger partial charge is 0.322 e. The molecule has 3 aromatic rings. The van der Waals surface area contributed by atoms with Gasteiger partial charge in [-0.15, -0.1) is 0 Å². The van der Waals surface area contributed by atoms with E-state index in [2.05, 4.69) is 46.5 Å². The lowest BCUT2D eigenvalue weighted by Gasteiger charge is -2.41. The summed E-state index contributed by atoms with van der Waals surface area (Å²) in [6.07, 6.45) is 4.72. The molecule has 6 rings (SSSR count). The van der Waals surface area contributed by atoms with Gasteiger partial charge in [0.15, 0.2) is 0 Å². The fourth-order valence-corrected chi connectivity index (χ4v) is 7.21. The van der Waals surface area contributed by atoms with E-state index in [9.17, 15) is 14.4 Å². The fourth-order valence-electron chi connectivity index (χ4n) is 7.21. The fraction of sp³-hybridized carbons (Fsp3) is 0.543. The molecule has 11 heteroatoms. The lowest BCUT2D eigenvalue weighted by atomic mass is 9.92. The number of aromatic amines is 1. The van der Waals surface area contributed by atoms with E-state index in [0.29, 0.717) is 63.8 Å². The van der Waals surface area contributed by atoms with Crippen molar-refractivity contribution in [1.82, 2.24) is 35.1 Å². The zero-order valence-corrected chi connectivity index (χ0v) is 27.4. The second kappa shape index (κ2) is 14.1. The Labute approximate surface area is 271 Å². The summed E-state index contributed by atoms with van der Waals surface area (Å²) in [7, 11) is 0. The number of benzene rings is 2. The van der Waals surface area contributed by atoms with Crippen LogP contribution < -0.4 is 10.6 Å². The van der Waals surface area contributed by atoms with Gasteiger partial charge in [0.2, 0.25) is 5.91 Å². The summed E-state index contributed by atoms with van der Waals surface area (Å²) in [5.74, 6) is 1.25. The maximum atomic E-state index is 14.0. The first-order valence-corrected chi connectivity index (χ1v) is 16.9. The number of likely N-dealkylation sites (tertiary alicyclic amines) is 1. The molecule has 5 amide bonds. The molecule has 0 bridgehead atoms. The number of piperidine rings is 1. The van der Waals surface area contributed by atoms with Crippen LogP contribution in [0.3, 0.4) is 0 Å². The Kier molecular flexibility index (Phi) is 9.77. The van der Waals surface area contributed by atoms with Gasteiger partial charge in [0, 0.05) is 75.9 Å². The number of urea groups is 2. The zero-order chi connectivity index (χ0) is 32.2. The highest BCUT2D eigenvalue weighted by Gasteiger charge is 2.35. The van der Waals surface area contributed by atoms with Crippen LogP contribution in [-0.2, 0) is 17.8 Å². The van der Waals surface area contributed by atoms with Crippen LogP contribution in [0.4, 0.5) is 15.3 Å². The number of hydrogen-bond acceptors (Lipinski definition) is 5. The highest BCUT2D eigenvalue weighted by molar-refractivity contribution is 5.92. The van der Waals surface area contributed by atoms with Gasteiger partial charge in [0.25, 0.3) is 0 Å². The van der Waals surface area contributed by atoms with E-state index < -0.39 is 6.04 Å². The summed E-state index contributed by atoms with van der Waals surface area (Å²) in [5.41, 5.74) is 3.88. The maximum Gasteiger partial charge on any atom is 0.322 e. The Hall–Kier alpha value is -4.12. The normalized spacial score (nSPS) is 19.2. The molecular formula is C35H48N8O3. The van der Waals surface area contributed by atoms with Gasteiger partial charge >= 0.3 is 12.1 Å². The Bertz CT molecular complexity index is 1520. The van der Waals surface area contributed by atoms with Crippen LogP contribution >= 0.6 is 0 Å². The number of fused-ring (bicyclic) bond motifs is 2. The predicted molar refractivity (Wildman–Crippen MR) is 179 cm³/mol. The molecule has 46 heavy (non-hydrogen) atoms. The molecule has 11 nitrogen and oxygen atoms in total. The second-order valence-electron chi connectivity index (χ2n) is 13.5. The molecule has 2 fully saturated rings. The first-order chi connectivity index (χ1) is 22.3. The number of piperazine rings is 1. The Morgan fingerprint density at radius 1 is 1.00 bits per heavy atom. The van der Waals surface area contributed by atoms with E-state index >= 15 is 0 Å². The Morgan fingerprint density at radius 2 is 1.76 bits per heavy atom. The number of nitrogens with one attached hydrogen (secondary N) is 3. The van der Waals surface area contributed by atoms with E-state index in [-0.39, 0.29) is 24.0 Å². The van der Waals surface area contributed by atoms with E-state index in [1.807, 2.05) is 52.3 Å². The largest absolute Gasteiger partial charge is 0.338 e. The maximum absolute atomic E-state index is 14.0.